The Balaban J connectivity index is 1.88. The van der Waals surface area contributed by atoms with Crippen molar-refractivity contribution in [2.45, 2.75) is 17.7 Å². The number of thioether (sulfide) groups is 1. The van der Waals surface area contributed by atoms with Gasteiger partial charge in [-0.05, 0) is 24.8 Å². The maximum absolute atomic E-state index is 5.81. The van der Waals surface area contributed by atoms with E-state index in [9.17, 15) is 0 Å². The average molecular weight is 206 g/mol. The Morgan fingerprint density at radius 1 is 1.43 bits per heavy atom. The molecule has 0 amide bonds. The first-order chi connectivity index (χ1) is 6.86. The quantitative estimate of drug-likeness (QED) is 0.610. The zero-order valence-electron chi connectivity index (χ0n) is 8.02. The molecule has 0 fully saturated rings. The summed E-state index contributed by atoms with van der Waals surface area (Å²) in [6.45, 7) is 0. The number of rotatable bonds is 3. The van der Waals surface area contributed by atoms with Gasteiger partial charge in [0.05, 0.1) is 11.9 Å². The minimum Gasteiger partial charge on any atom is -0.397 e. The van der Waals surface area contributed by atoms with Crippen LogP contribution < -0.4 is 5.73 Å². The smallest absolute Gasteiger partial charge is 0.0638 e. The molecule has 0 saturated carbocycles. The third-order valence-corrected chi connectivity index (χ3v) is 3.71. The molecule has 2 N–H and O–H groups in total. The molecule has 0 spiro atoms. The summed E-state index contributed by atoms with van der Waals surface area (Å²) in [5, 5.41) is 0. The first-order valence-corrected chi connectivity index (χ1v) is 5.82. The van der Waals surface area contributed by atoms with Crippen molar-refractivity contribution in [1.29, 1.82) is 0 Å². The average Bonchev–Trinajstić information content (AvgIpc) is 2.69. The summed E-state index contributed by atoms with van der Waals surface area (Å²) < 4.78 is 0. The maximum atomic E-state index is 5.81. The molecular formula is C11H14N2S. The van der Waals surface area contributed by atoms with Crippen LogP contribution in [0.1, 0.15) is 12.8 Å². The fraction of sp³-hybridized carbons (Fsp3) is 0.364. The Labute approximate surface area is 88.6 Å². The van der Waals surface area contributed by atoms with Gasteiger partial charge in [0.25, 0.3) is 0 Å². The molecular weight excluding hydrogens is 192 g/mol. The fourth-order valence-corrected chi connectivity index (χ4v) is 2.61. The second-order valence-corrected chi connectivity index (χ2v) is 4.60. The molecule has 0 bridgehead atoms. The van der Waals surface area contributed by atoms with Crippen molar-refractivity contribution >= 4 is 17.4 Å². The van der Waals surface area contributed by atoms with Crippen LogP contribution in [0.2, 0.25) is 0 Å². The number of nitrogen functional groups attached to an aromatic ring is 1. The molecule has 74 valence electrons. The van der Waals surface area contributed by atoms with Gasteiger partial charge in [-0.3, -0.25) is 4.98 Å². The van der Waals surface area contributed by atoms with Crippen LogP contribution in [0, 0.1) is 5.92 Å². The lowest BCUT2D eigenvalue weighted by atomic mass is 10.1. The Morgan fingerprint density at radius 2 is 2.21 bits per heavy atom. The van der Waals surface area contributed by atoms with Crippen LogP contribution in [0.5, 0.6) is 0 Å². The molecule has 1 aromatic heterocycles. The second kappa shape index (κ2) is 4.51. The third kappa shape index (κ3) is 2.29. The van der Waals surface area contributed by atoms with Crippen LogP contribution in [0.15, 0.2) is 35.5 Å². The Morgan fingerprint density at radius 3 is 2.93 bits per heavy atom. The number of aromatic nitrogens is 1. The van der Waals surface area contributed by atoms with Crippen LogP contribution in [0.25, 0.3) is 0 Å². The summed E-state index contributed by atoms with van der Waals surface area (Å²) in [5.41, 5.74) is 6.60. The molecule has 0 saturated heterocycles. The lowest BCUT2D eigenvalue weighted by molar-refractivity contribution is 0.650. The molecule has 0 unspecified atom stereocenters. The Kier molecular flexibility index (Phi) is 3.09. The molecule has 0 radical (unpaired) electrons. The molecule has 1 aliphatic carbocycles. The first kappa shape index (κ1) is 9.59. The maximum Gasteiger partial charge on any atom is 0.0638 e. The van der Waals surface area contributed by atoms with Crippen LogP contribution in [-0.2, 0) is 0 Å². The van der Waals surface area contributed by atoms with E-state index in [0.29, 0.717) is 0 Å². The zero-order chi connectivity index (χ0) is 9.80. The number of nitrogens with two attached hydrogens (primary N) is 1. The van der Waals surface area contributed by atoms with E-state index < -0.39 is 0 Å². The van der Waals surface area contributed by atoms with Gasteiger partial charge in [-0.2, -0.15) is 0 Å². The largest absolute Gasteiger partial charge is 0.397 e. The first-order valence-electron chi connectivity index (χ1n) is 4.83. The summed E-state index contributed by atoms with van der Waals surface area (Å²) >= 11 is 1.84. The normalized spacial score (nSPS) is 16.3. The predicted octanol–water partition coefficient (Wildman–Crippen LogP) is 2.72. The molecule has 2 rings (SSSR count). The van der Waals surface area contributed by atoms with Gasteiger partial charge in [0.2, 0.25) is 0 Å². The fourth-order valence-electron chi connectivity index (χ4n) is 1.54. The highest BCUT2D eigenvalue weighted by Crippen LogP contribution is 2.29. The second-order valence-electron chi connectivity index (χ2n) is 3.53. The summed E-state index contributed by atoms with van der Waals surface area (Å²) in [7, 11) is 0. The molecule has 1 aromatic rings. The van der Waals surface area contributed by atoms with Gasteiger partial charge in [-0.25, -0.2) is 0 Å². The highest BCUT2D eigenvalue weighted by molar-refractivity contribution is 7.99. The van der Waals surface area contributed by atoms with Gasteiger partial charge >= 0.3 is 0 Å². The molecule has 0 atom stereocenters. The van der Waals surface area contributed by atoms with Crippen molar-refractivity contribution in [3.05, 3.63) is 30.6 Å². The van der Waals surface area contributed by atoms with E-state index in [1.165, 1.54) is 12.8 Å². The van der Waals surface area contributed by atoms with Crippen molar-refractivity contribution < 1.29 is 0 Å². The van der Waals surface area contributed by atoms with Gasteiger partial charge in [-0.1, -0.05) is 12.2 Å². The van der Waals surface area contributed by atoms with Crippen molar-refractivity contribution in [3.8, 4) is 0 Å². The van der Waals surface area contributed by atoms with Crippen molar-refractivity contribution in [3.63, 3.8) is 0 Å². The van der Waals surface area contributed by atoms with Crippen molar-refractivity contribution in [2.75, 3.05) is 11.5 Å². The minimum absolute atomic E-state index is 0.795. The minimum atomic E-state index is 0.795. The molecule has 1 aliphatic rings. The number of nitrogens with zero attached hydrogens (tertiary/aromatic N) is 1. The van der Waals surface area contributed by atoms with Gasteiger partial charge in [-0.15, -0.1) is 11.8 Å². The van der Waals surface area contributed by atoms with Crippen LogP contribution in [0.3, 0.4) is 0 Å². The molecule has 0 aliphatic heterocycles. The lowest BCUT2D eigenvalue weighted by Gasteiger charge is -2.09. The Bertz CT molecular complexity index is 328. The van der Waals surface area contributed by atoms with E-state index in [4.69, 9.17) is 5.73 Å². The standard InChI is InChI=1S/C11H14N2S/c12-10-7-13-6-5-11(10)14-8-9-3-1-2-4-9/h1-2,5-7,9H,3-4,8,12H2. The van der Waals surface area contributed by atoms with Gasteiger partial charge < -0.3 is 5.73 Å². The molecule has 0 aromatic carbocycles. The molecule has 2 nitrogen and oxygen atoms in total. The summed E-state index contributed by atoms with van der Waals surface area (Å²) in [6.07, 6.45) is 10.5. The van der Waals surface area contributed by atoms with Crippen LogP contribution in [0.4, 0.5) is 5.69 Å². The summed E-state index contributed by atoms with van der Waals surface area (Å²) in [4.78, 5) is 5.13. The van der Waals surface area contributed by atoms with Crippen molar-refractivity contribution in [1.82, 2.24) is 4.98 Å². The SMILES string of the molecule is Nc1cnccc1SCC1CC=CC1. The number of hydrogen-bond donors (Lipinski definition) is 1. The number of anilines is 1. The third-order valence-electron chi connectivity index (χ3n) is 2.39. The number of hydrogen-bond acceptors (Lipinski definition) is 3. The molecule has 1 heterocycles. The zero-order valence-corrected chi connectivity index (χ0v) is 8.83. The van der Waals surface area contributed by atoms with Crippen molar-refractivity contribution in [2.24, 2.45) is 5.92 Å². The van der Waals surface area contributed by atoms with E-state index in [1.54, 1.807) is 12.4 Å². The highest BCUT2D eigenvalue weighted by atomic mass is 32.2. The van der Waals surface area contributed by atoms with Gasteiger partial charge in [0.15, 0.2) is 0 Å². The van der Waals surface area contributed by atoms with E-state index in [0.717, 1.165) is 22.3 Å². The van der Waals surface area contributed by atoms with E-state index in [2.05, 4.69) is 17.1 Å². The summed E-state index contributed by atoms with van der Waals surface area (Å²) in [5.74, 6) is 1.95. The van der Waals surface area contributed by atoms with E-state index in [1.807, 2.05) is 17.8 Å². The van der Waals surface area contributed by atoms with E-state index in [-0.39, 0.29) is 0 Å². The topological polar surface area (TPSA) is 38.9 Å². The summed E-state index contributed by atoms with van der Waals surface area (Å²) in [6, 6.07) is 1.99. The number of allylic oxidation sites excluding steroid dienone is 2. The monoisotopic (exact) mass is 206 g/mol. The number of pyridine rings is 1. The predicted molar refractivity (Wildman–Crippen MR) is 61.2 cm³/mol. The lowest BCUT2D eigenvalue weighted by Crippen LogP contribution is -1.98. The van der Waals surface area contributed by atoms with Crippen LogP contribution in [-0.4, -0.2) is 10.7 Å². The molecule has 14 heavy (non-hydrogen) atoms. The highest BCUT2D eigenvalue weighted by Gasteiger charge is 2.11. The van der Waals surface area contributed by atoms with Gasteiger partial charge in [0.1, 0.15) is 0 Å². The van der Waals surface area contributed by atoms with Gasteiger partial charge in [0, 0.05) is 16.8 Å². The van der Waals surface area contributed by atoms with E-state index >= 15 is 0 Å². The Hall–Kier alpha value is -0.960. The van der Waals surface area contributed by atoms with Crippen LogP contribution >= 0.6 is 11.8 Å². The molecule has 3 heteroatoms.